The van der Waals surface area contributed by atoms with Crippen LogP contribution in [0.3, 0.4) is 0 Å². The summed E-state index contributed by atoms with van der Waals surface area (Å²) in [5, 5.41) is 3.41. The number of nitrogens with one attached hydrogen (secondary N) is 1. The van der Waals surface area contributed by atoms with E-state index in [2.05, 4.69) is 12.2 Å². The van der Waals surface area contributed by atoms with E-state index in [1.54, 1.807) is 5.54 Å². The second-order valence-corrected chi connectivity index (χ2v) is 3.50. The maximum atomic E-state index is 5.39. The smallest absolute Gasteiger partial charge is 0.0149 e. The van der Waals surface area contributed by atoms with E-state index in [-0.39, 0.29) is 0 Å². The highest BCUT2D eigenvalue weighted by Gasteiger charge is 2.22. The molecule has 0 aromatic heterocycles. The molecule has 1 aliphatic rings. The summed E-state index contributed by atoms with van der Waals surface area (Å²) in [6.07, 6.45) is 6.16. The van der Waals surface area contributed by atoms with E-state index in [9.17, 15) is 0 Å². The standard InChI is InChI=1S/C9H16ClN/c1-8(9-4-2-5-9)11-7-3-6-10/h3,6,8-9,11H,2,4-5,7H2,1H3/b6-3+. The van der Waals surface area contributed by atoms with Crippen LogP contribution in [0.25, 0.3) is 0 Å². The second-order valence-electron chi connectivity index (χ2n) is 3.25. The fraction of sp³-hybridized carbons (Fsp3) is 0.778. The van der Waals surface area contributed by atoms with Crippen molar-refractivity contribution in [2.24, 2.45) is 5.92 Å². The second kappa shape index (κ2) is 4.78. The quantitative estimate of drug-likeness (QED) is 0.689. The van der Waals surface area contributed by atoms with Crippen LogP contribution in [0.5, 0.6) is 0 Å². The third-order valence-electron chi connectivity index (χ3n) is 2.50. The molecule has 1 saturated carbocycles. The minimum atomic E-state index is 0.664. The van der Waals surface area contributed by atoms with Crippen molar-refractivity contribution in [3.05, 3.63) is 11.6 Å². The molecule has 11 heavy (non-hydrogen) atoms. The topological polar surface area (TPSA) is 12.0 Å². The van der Waals surface area contributed by atoms with Gasteiger partial charge in [0.1, 0.15) is 0 Å². The van der Waals surface area contributed by atoms with Crippen molar-refractivity contribution in [1.29, 1.82) is 0 Å². The van der Waals surface area contributed by atoms with Crippen molar-refractivity contribution in [2.75, 3.05) is 6.54 Å². The minimum Gasteiger partial charge on any atom is -0.310 e. The molecule has 1 aliphatic carbocycles. The van der Waals surface area contributed by atoms with Crippen LogP contribution in [0.4, 0.5) is 0 Å². The molecule has 1 nitrogen and oxygen atoms in total. The third-order valence-corrected chi connectivity index (χ3v) is 2.68. The molecule has 0 aromatic rings. The van der Waals surface area contributed by atoms with E-state index in [1.807, 2.05) is 6.08 Å². The van der Waals surface area contributed by atoms with Crippen LogP contribution in [0, 0.1) is 5.92 Å². The summed E-state index contributed by atoms with van der Waals surface area (Å²) in [6, 6.07) is 0.664. The predicted molar refractivity (Wildman–Crippen MR) is 49.8 cm³/mol. The highest BCUT2D eigenvalue weighted by molar-refractivity contribution is 6.25. The van der Waals surface area contributed by atoms with Crippen molar-refractivity contribution in [1.82, 2.24) is 5.32 Å². The van der Waals surface area contributed by atoms with Gasteiger partial charge in [0.2, 0.25) is 0 Å². The van der Waals surface area contributed by atoms with Gasteiger partial charge >= 0.3 is 0 Å². The zero-order valence-electron chi connectivity index (χ0n) is 7.02. The van der Waals surface area contributed by atoms with Gasteiger partial charge < -0.3 is 5.32 Å². The molecular weight excluding hydrogens is 158 g/mol. The van der Waals surface area contributed by atoms with Crippen LogP contribution in [0.1, 0.15) is 26.2 Å². The maximum absolute atomic E-state index is 5.39. The van der Waals surface area contributed by atoms with E-state index in [0.29, 0.717) is 6.04 Å². The third kappa shape index (κ3) is 2.84. The molecule has 1 N–H and O–H groups in total. The predicted octanol–water partition coefficient (Wildman–Crippen LogP) is 2.52. The van der Waals surface area contributed by atoms with Crippen molar-refractivity contribution < 1.29 is 0 Å². The molecule has 0 amide bonds. The highest BCUT2D eigenvalue weighted by atomic mass is 35.5. The van der Waals surface area contributed by atoms with Gasteiger partial charge in [-0.05, 0) is 25.7 Å². The van der Waals surface area contributed by atoms with Gasteiger partial charge in [0.15, 0.2) is 0 Å². The van der Waals surface area contributed by atoms with Crippen molar-refractivity contribution >= 4 is 11.6 Å². The van der Waals surface area contributed by atoms with E-state index < -0.39 is 0 Å². The fourth-order valence-corrected chi connectivity index (χ4v) is 1.49. The first-order chi connectivity index (χ1) is 5.34. The molecule has 0 radical (unpaired) electrons. The Morgan fingerprint density at radius 3 is 2.82 bits per heavy atom. The maximum Gasteiger partial charge on any atom is 0.0149 e. The normalized spacial score (nSPS) is 22.0. The molecule has 0 aromatic carbocycles. The van der Waals surface area contributed by atoms with Crippen molar-refractivity contribution in [2.45, 2.75) is 32.2 Å². The summed E-state index contributed by atoms with van der Waals surface area (Å²) >= 11 is 5.39. The fourth-order valence-electron chi connectivity index (χ4n) is 1.40. The minimum absolute atomic E-state index is 0.664. The van der Waals surface area contributed by atoms with Crippen molar-refractivity contribution in [3.8, 4) is 0 Å². The van der Waals surface area contributed by atoms with E-state index in [1.165, 1.54) is 19.3 Å². The number of halogens is 1. The summed E-state index contributed by atoms with van der Waals surface area (Å²) in [6.45, 7) is 3.16. The molecule has 1 rings (SSSR count). The van der Waals surface area contributed by atoms with Gasteiger partial charge in [0.25, 0.3) is 0 Å². The van der Waals surface area contributed by atoms with E-state index >= 15 is 0 Å². The van der Waals surface area contributed by atoms with Crippen LogP contribution in [-0.4, -0.2) is 12.6 Å². The summed E-state index contributed by atoms with van der Waals surface area (Å²) in [5.41, 5.74) is 1.57. The molecule has 1 unspecified atom stereocenters. The Labute approximate surface area is 73.8 Å². The Hall–Kier alpha value is -0.0100. The molecule has 1 fully saturated rings. The Balaban J connectivity index is 2.04. The lowest BCUT2D eigenvalue weighted by atomic mass is 9.80. The molecule has 2 heteroatoms. The van der Waals surface area contributed by atoms with Crippen LogP contribution >= 0.6 is 11.6 Å². The number of hydrogen-bond acceptors (Lipinski definition) is 1. The first-order valence-electron chi connectivity index (χ1n) is 4.33. The Morgan fingerprint density at radius 1 is 1.64 bits per heavy atom. The van der Waals surface area contributed by atoms with Crippen LogP contribution in [0.2, 0.25) is 0 Å². The highest BCUT2D eigenvalue weighted by Crippen LogP contribution is 2.29. The lowest BCUT2D eigenvalue weighted by Crippen LogP contribution is -2.36. The van der Waals surface area contributed by atoms with Gasteiger partial charge in [-0.1, -0.05) is 24.1 Å². The lowest BCUT2D eigenvalue weighted by Gasteiger charge is -2.31. The zero-order chi connectivity index (χ0) is 8.10. The average molecular weight is 174 g/mol. The summed E-state index contributed by atoms with van der Waals surface area (Å²) in [7, 11) is 0. The summed E-state index contributed by atoms with van der Waals surface area (Å²) < 4.78 is 0. The largest absolute Gasteiger partial charge is 0.310 e. The van der Waals surface area contributed by atoms with E-state index in [4.69, 9.17) is 11.6 Å². The molecular formula is C9H16ClN. The van der Waals surface area contributed by atoms with Crippen molar-refractivity contribution in [3.63, 3.8) is 0 Å². The van der Waals surface area contributed by atoms with Gasteiger partial charge in [-0.3, -0.25) is 0 Å². The van der Waals surface area contributed by atoms with Gasteiger partial charge in [-0.2, -0.15) is 0 Å². The van der Waals surface area contributed by atoms with Gasteiger partial charge in [-0.25, -0.2) is 0 Å². The molecule has 1 atom stereocenters. The Morgan fingerprint density at radius 2 is 2.36 bits per heavy atom. The summed E-state index contributed by atoms with van der Waals surface area (Å²) in [4.78, 5) is 0. The Bertz CT molecular complexity index is 130. The number of hydrogen-bond donors (Lipinski definition) is 1. The van der Waals surface area contributed by atoms with Crippen LogP contribution in [-0.2, 0) is 0 Å². The molecule has 0 heterocycles. The molecule has 0 bridgehead atoms. The van der Waals surface area contributed by atoms with Gasteiger partial charge in [0, 0.05) is 18.1 Å². The molecule has 0 spiro atoms. The molecule has 64 valence electrons. The zero-order valence-corrected chi connectivity index (χ0v) is 7.77. The summed E-state index contributed by atoms with van der Waals surface area (Å²) in [5.74, 6) is 0.915. The SMILES string of the molecule is CC(NC/C=C/Cl)C1CCC1. The molecule has 0 saturated heterocycles. The lowest BCUT2D eigenvalue weighted by molar-refractivity contribution is 0.245. The van der Waals surface area contributed by atoms with Gasteiger partial charge in [-0.15, -0.1) is 0 Å². The van der Waals surface area contributed by atoms with E-state index in [0.717, 1.165) is 12.5 Å². The first kappa shape index (κ1) is 9.08. The monoisotopic (exact) mass is 173 g/mol. The number of rotatable bonds is 4. The van der Waals surface area contributed by atoms with Crippen LogP contribution in [0.15, 0.2) is 11.6 Å². The average Bonchev–Trinajstić information content (AvgIpc) is 1.84. The molecule has 0 aliphatic heterocycles. The van der Waals surface area contributed by atoms with Gasteiger partial charge in [0.05, 0.1) is 0 Å². The van der Waals surface area contributed by atoms with Crippen LogP contribution < -0.4 is 5.32 Å². The first-order valence-corrected chi connectivity index (χ1v) is 4.77. The Kier molecular flexibility index (Phi) is 3.95.